The van der Waals surface area contributed by atoms with Crippen molar-refractivity contribution >= 4 is 0 Å². The van der Waals surface area contributed by atoms with Gasteiger partial charge in [-0.2, -0.15) is 5.73 Å². The lowest BCUT2D eigenvalue weighted by atomic mass is 10.7. The van der Waals surface area contributed by atoms with Crippen LogP contribution in [0.4, 0.5) is 0 Å². The van der Waals surface area contributed by atoms with Crippen molar-refractivity contribution in [1.82, 2.24) is 10.7 Å². The van der Waals surface area contributed by atoms with Crippen LogP contribution in [0.25, 0.3) is 0 Å². The summed E-state index contributed by atoms with van der Waals surface area (Å²) in [5, 5.41) is 11.7. The molecule has 1 radical (unpaired) electrons. The van der Waals surface area contributed by atoms with Gasteiger partial charge in [0.2, 0.25) is 0 Å². The maximum Gasteiger partial charge on any atom is 0.133 e. The second-order valence-electron chi connectivity index (χ2n) is 1.05. The predicted octanol–water partition coefficient (Wildman–Crippen LogP) is -2.00. The van der Waals surface area contributed by atoms with Gasteiger partial charge >= 0.3 is 0 Å². The molecule has 0 saturated carbocycles. The molecule has 0 aliphatic heterocycles. The van der Waals surface area contributed by atoms with Crippen molar-refractivity contribution < 1.29 is 5.73 Å². The summed E-state index contributed by atoms with van der Waals surface area (Å²) in [4.78, 5) is 9.27. The quantitative estimate of drug-likeness (QED) is 0.330. The SMILES string of the molecule is [NH2+]CCNN([O-])N=O. The molecule has 47 valence electrons. The maximum absolute atomic E-state index is 9.84. The van der Waals surface area contributed by atoms with E-state index in [0.29, 0.717) is 6.54 Å². The average Bonchev–Trinajstić information content (AvgIpc) is 1.83. The fourth-order valence-electron chi connectivity index (χ4n) is 0.189. The second kappa shape index (κ2) is 4.44. The zero-order valence-corrected chi connectivity index (χ0v) is 4.20. The highest BCUT2D eigenvalue weighted by molar-refractivity contribution is 4.39. The van der Waals surface area contributed by atoms with Gasteiger partial charge in [0, 0.05) is 0 Å². The van der Waals surface area contributed by atoms with Crippen LogP contribution >= 0.6 is 0 Å². The lowest BCUT2D eigenvalue weighted by molar-refractivity contribution is -0.366. The number of nitrogens with one attached hydrogen (secondary N) is 1. The monoisotopic (exact) mass is 119 g/mol. The molecular formula is C2H7N4O2. The molecule has 0 saturated heterocycles. The van der Waals surface area contributed by atoms with Gasteiger partial charge in [0.05, 0.1) is 11.8 Å². The van der Waals surface area contributed by atoms with Gasteiger partial charge in [-0.3, -0.25) is 5.28 Å². The molecule has 0 aromatic carbocycles. The number of hydrogen-bond acceptors (Lipinski definition) is 5. The zero-order valence-electron chi connectivity index (χ0n) is 4.20. The molecule has 0 spiro atoms. The molecule has 0 aromatic rings. The highest BCUT2D eigenvalue weighted by atomic mass is 16.6. The largest absolute Gasteiger partial charge is 0.724 e. The summed E-state index contributed by atoms with van der Waals surface area (Å²) >= 11 is 0. The van der Waals surface area contributed by atoms with Gasteiger partial charge in [0.15, 0.2) is 0 Å². The lowest BCUT2D eigenvalue weighted by Crippen LogP contribution is -2.55. The molecule has 0 atom stereocenters. The minimum absolute atomic E-state index is 0.174. The highest BCUT2D eigenvalue weighted by Gasteiger charge is 1.83. The Morgan fingerprint density at radius 3 is 2.88 bits per heavy atom. The van der Waals surface area contributed by atoms with E-state index in [1.165, 1.54) is 0 Å². The molecule has 6 heteroatoms. The third kappa shape index (κ3) is 3.47. The van der Waals surface area contributed by atoms with Crippen molar-refractivity contribution in [3.8, 4) is 0 Å². The number of nitrogens with zero attached hydrogens (tertiary/aromatic N) is 2. The van der Waals surface area contributed by atoms with Gasteiger partial charge < -0.3 is 5.21 Å². The van der Waals surface area contributed by atoms with E-state index < -0.39 is 0 Å². The molecule has 8 heavy (non-hydrogen) atoms. The Bertz CT molecular complexity index is 67.1. The molecule has 6 nitrogen and oxygen atoms in total. The summed E-state index contributed by atoms with van der Waals surface area (Å²) in [7, 11) is 0. The molecule has 0 fully saturated rings. The van der Waals surface area contributed by atoms with Gasteiger partial charge in [0.1, 0.15) is 6.54 Å². The topological polar surface area (TPSA) is 93.1 Å². The van der Waals surface area contributed by atoms with E-state index in [4.69, 9.17) is 5.73 Å². The molecule has 0 aromatic heterocycles. The maximum atomic E-state index is 9.84. The van der Waals surface area contributed by atoms with Crippen LogP contribution in [-0.4, -0.2) is 18.4 Å². The standard InChI is InChI=1S/C2H7N4O2/c3-1-2-4-6(8)5-7/h4H,1-3H2. The Morgan fingerprint density at radius 2 is 2.50 bits per heavy atom. The average molecular weight is 119 g/mol. The number of rotatable bonds is 4. The molecule has 0 heterocycles. The van der Waals surface area contributed by atoms with Gasteiger partial charge in [-0.25, -0.2) is 5.43 Å². The van der Waals surface area contributed by atoms with Gasteiger partial charge in [0.25, 0.3) is 0 Å². The van der Waals surface area contributed by atoms with Crippen molar-refractivity contribution in [3.63, 3.8) is 0 Å². The van der Waals surface area contributed by atoms with Crippen LogP contribution in [0.2, 0.25) is 0 Å². The summed E-state index contributed by atoms with van der Waals surface area (Å²) in [5.41, 5.74) is 7.02. The summed E-state index contributed by atoms with van der Waals surface area (Å²) < 4.78 is 0. The smallest absolute Gasteiger partial charge is 0.133 e. The van der Waals surface area contributed by atoms with E-state index in [0.717, 1.165) is 0 Å². The molecule has 0 amide bonds. The van der Waals surface area contributed by atoms with E-state index in [9.17, 15) is 10.1 Å². The number of nitrogens with two attached hydrogens (primary N) is 1. The third-order valence-electron chi connectivity index (χ3n) is 0.466. The molecule has 0 rings (SSSR count). The number of hydrazine groups is 1. The molecule has 3 N–H and O–H groups in total. The fourth-order valence-corrected chi connectivity index (χ4v) is 0.189. The van der Waals surface area contributed by atoms with Crippen molar-refractivity contribution in [2.75, 3.05) is 13.1 Å². The zero-order chi connectivity index (χ0) is 6.41. The summed E-state index contributed by atoms with van der Waals surface area (Å²) in [5.74, 6) is 0. The van der Waals surface area contributed by atoms with E-state index >= 15 is 0 Å². The highest BCUT2D eigenvalue weighted by Crippen LogP contribution is 1.71. The third-order valence-corrected chi connectivity index (χ3v) is 0.466. The minimum Gasteiger partial charge on any atom is -0.724 e. The van der Waals surface area contributed by atoms with Crippen LogP contribution in [0.5, 0.6) is 0 Å². The van der Waals surface area contributed by atoms with E-state index in [1.54, 1.807) is 0 Å². The Morgan fingerprint density at radius 1 is 1.88 bits per heavy atom. The summed E-state index contributed by atoms with van der Waals surface area (Å²) in [6.45, 7) is 0.559. The summed E-state index contributed by atoms with van der Waals surface area (Å²) in [6, 6.07) is 0. The Hall–Kier alpha value is -0.720. The predicted molar refractivity (Wildman–Crippen MR) is 25.8 cm³/mol. The van der Waals surface area contributed by atoms with Crippen LogP contribution < -0.4 is 11.2 Å². The van der Waals surface area contributed by atoms with Crippen molar-refractivity contribution in [1.29, 1.82) is 0 Å². The first-order valence-corrected chi connectivity index (χ1v) is 2.05. The molecular weight excluding hydrogens is 112 g/mol. The molecule has 0 aliphatic rings. The first kappa shape index (κ1) is 7.28. The van der Waals surface area contributed by atoms with Crippen LogP contribution in [0.1, 0.15) is 0 Å². The van der Waals surface area contributed by atoms with Crippen molar-refractivity contribution in [2.45, 2.75) is 0 Å². The number of nitroso groups, excluding NO2 is 1. The summed E-state index contributed by atoms with van der Waals surface area (Å²) in [6.07, 6.45) is 0. The normalized spacial score (nSPS) is 8.75. The van der Waals surface area contributed by atoms with E-state index in [-0.39, 0.29) is 11.8 Å². The van der Waals surface area contributed by atoms with E-state index in [2.05, 4.69) is 5.43 Å². The van der Waals surface area contributed by atoms with Gasteiger partial charge in [-0.05, 0) is 0 Å². The molecule has 0 aliphatic carbocycles. The first-order chi connectivity index (χ1) is 3.81. The Labute approximate surface area is 46.1 Å². The Balaban J connectivity index is 2.98. The minimum atomic E-state index is -0.174. The lowest BCUT2D eigenvalue weighted by Gasteiger charge is -2.18. The first-order valence-electron chi connectivity index (χ1n) is 2.05. The fraction of sp³-hybridized carbons (Fsp3) is 1.00. The number of hydrogen-bond donors (Lipinski definition) is 2. The van der Waals surface area contributed by atoms with Crippen molar-refractivity contribution in [2.24, 2.45) is 5.29 Å². The molecule has 0 bridgehead atoms. The van der Waals surface area contributed by atoms with Gasteiger partial charge in [-0.15, -0.1) is 4.91 Å². The van der Waals surface area contributed by atoms with Crippen LogP contribution in [0.3, 0.4) is 0 Å². The molecule has 0 unspecified atom stereocenters. The van der Waals surface area contributed by atoms with E-state index in [1.807, 2.05) is 5.29 Å². The Kier molecular flexibility index (Phi) is 4.04. The van der Waals surface area contributed by atoms with Crippen LogP contribution in [0.15, 0.2) is 5.29 Å². The van der Waals surface area contributed by atoms with Crippen LogP contribution in [-0.2, 0) is 0 Å². The van der Waals surface area contributed by atoms with Crippen LogP contribution in [0, 0.1) is 10.1 Å². The van der Waals surface area contributed by atoms with Crippen molar-refractivity contribution in [3.05, 3.63) is 10.1 Å². The van der Waals surface area contributed by atoms with Gasteiger partial charge in [-0.1, -0.05) is 0 Å². The second-order valence-corrected chi connectivity index (χ2v) is 1.05.